The first-order valence-corrected chi connectivity index (χ1v) is 16.0. The second-order valence-electron chi connectivity index (χ2n) is 13.9. The SMILES string of the molecule is CCCCCCCCCC(=O)OCC1=C[C@H]2[C@@H]3C(C)(C)[C@]3(OC(=O)CCC)C[C@@H](C)[C@]2(O)[C@@H]2C=C(C)C(=O)[C@@]2(O)C1. The molecule has 7 atom stereocenters. The Kier molecular flexibility index (Phi) is 9.31. The first-order valence-electron chi connectivity index (χ1n) is 16.0. The zero-order valence-electron chi connectivity index (χ0n) is 26.1. The van der Waals surface area contributed by atoms with Crippen molar-refractivity contribution < 1.29 is 34.1 Å². The Morgan fingerprint density at radius 2 is 1.61 bits per heavy atom. The summed E-state index contributed by atoms with van der Waals surface area (Å²) >= 11 is 0. The van der Waals surface area contributed by atoms with E-state index < -0.39 is 34.1 Å². The fourth-order valence-corrected chi connectivity index (χ4v) is 8.52. The van der Waals surface area contributed by atoms with E-state index in [0.717, 1.165) is 19.3 Å². The van der Waals surface area contributed by atoms with E-state index in [-0.39, 0.29) is 42.6 Å². The average Bonchev–Trinajstić information content (AvgIpc) is 3.31. The third kappa shape index (κ3) is 5.46. The maximum Gasteiger partial charge on any atom is 0.306 e. The first-order chi connectivity index (χ1) is 19.3. The lowest BCUT2D eigenvalue weighted by molar-refractivity contribution is -0.187. The Balaban J connectivity index is 1.56. The van der Waals surface area contributed by atoms with Gasteiger partial charge in [-0.15, -0.1) is 0 Å². The van der Waals surface area contributed by atoms with Crippen molar-refractivity contribution in [1.29, 1.82) is 0 Å². The lowest BCUT2D eigenvalue weighted by atomic mass is 9.60. The van der Waals surface area contributed by atoms with Crippen molar-refractivity contribution in [2.75, 3.05) is 6.61 Å². The van der Waals surface area contributed by atoms with Crippen LogP contribution in [-0.4, -0.2) is 51.3 Å². The molecule has 0 saturated heterocycles. The third-order valence-electron chi connectivity index (χ3n) is 10.8. The zero-order valence-corrected chi connectivity index (χ0v) is 26.1. The van der Waals surface area contributed by atoms with Gasteiger partial charge in [-0.2, -0.15) is 0 Å². The van der Waals surface area contributed by atoms with Crippen LogP contribution in [0.4, 0.5) is 0 Å². The van der Waals surface area contributed by atoms with Gasteiger partial charge in [0.1, 0.15) is 17.8 Å². The van der Waals surface area contributed by atoms with Crippen LogP contribution in [0.25, 0.3) is 0 Å². The number of hydrogen-bond acceptors (Lipinski definition) is 7. The minimum absolute atomic E-state index is 0.00362. The van der Waals surface area contributed by atoms with Gasteiger partial charge in [0.05, 0.1) is 5.60 Å². The Labute approximate surface area is 246 Å². The van der Waals surface area contributed by atoms with Crippen LogP contribution in [0.1, 0.15) is 119 Å². The number of carbonyl (C=O) groups is 3. The molecule has 0 amide bonds. The summed E-state index contributed by atoms with van der Waals surface area (Å²) < 4.78 is 11.9. The van der Waals surface area contributed by atoms with Crippen molar-refractivity contribution in [1.82, 2.24) is 0 Å². The van der Waals surface area contributed by atoms with Gasteiger partial charge in [0.2, 0.25) is 0 Å². The predicted molar refractivity (Wildman–Crippen MR) is 157 cm³/mol. The molecular weight excluding hydrogens is 520 g/mol. The van der Waals surface area contributed by atoms with Gasteiger partial charge in [-0.25, -0.2) is 0 Å². The molecule has 2 fully saturated rings. The zero-order chi connectivity index (χ0) is 30.2. The van der Waals surface area contributed by atoms with Gasteiger partial charge in [-0.3, -0.25) is 14.4 Å². The summed E-state index contributed by atoms with van der Waals surface area (Å²) in [5.74, 6) is -2.75. The van der Waals surface area contributed by atoms with Gasteiger partial charge in [-0.1, -0.05) is 85.3 Å². The fourth-order valence-electron chi connectivity index (χ4n) is 8.52. The number of rotatable bonds is 13. The maximum atomic E-state index is 13.4. The van der Waals surface area contributed by atoms with Crippen molar-refractivity contribution >= 4 is 17.7 Å². The number of Topliss-reactive ketones (excluding diaryl/α,β-unsaturated/α-hetero) is 1. The van der Waals surface area contributed by atoms with Crippen LogP contribution >= 0.6 is 0 Å². The van der Waals surface area contributed by atoms with Gasteiger partial charge in [0, 0.05) is 42.4 Å². The molecule has 4 rings (SSSR count). The molecule has 4 aliphatic carbocycles. The third-order valence-corrected chi connectivity index (χ3v) is 10.8. The highest BCUT2D eigenvalue weighted by molar-refractivity contribution is 6.04. The smallest absolute Gasteiger partial charge is 0.306 e. The quantitative estimate of drug-likeness (QED) is 0.158. The van der Waals surface area contributed by atoms with E-state index in [1.807, 2.05) is 19.9 Å². The molecule has 0 bridgehead atoms. The topological polar surface area (TPSA) is 110 Å². The van der Waals surface area contributed by atoms with E-state index in [1.54, 1.807) is 13.0 Å². The van der Waals surface area contributed by atoms with E-state index in [0.29, 0.717) is 36.8 Å². The summed E-state index contributed by atoms with van der Waals surface area (Å²) in [5.41, 5.74) is -3.29. The first kappa shape index (κ1) is 31.9. The Morgan fingerprint density at radius 3 is 2.27 bits per heavy atom. The highest BCUT2D eigenvalue weighted by Gasteiger charge is 2.83. The van der Waals surface area contributed by atoms with Crippen LogP contribution in [0.3, 0.4) is 0 Å². The molecule has 0 unspecified atom stereocenters. The van der Waals surface area contributed by atoms with Crippen LogP contribution in [0.5, 0.6) is 0 Å². The highest BCUT2D eigenvalue weighted by atomic mass is 16.6. The lowest BCUT2D eigenvalue weighted by Crippen LogP contribution is -2.61. The average molecular weight is 573 g/mol. The molecule has 0 heterocycles. The second-order valence-corrected chi connectivity index (χ2v) is 13.9. The molecule has 2 saturated carbocycles. The van der Waals surface area contributed by atoms with Crippen LogP contribution in [0, 0.1) is 29.1 Å². The predicted octanol–water partition coefficient (Wildman–Crippen LogP) is 6.00. The molecule has 0 aliphatic heterocycles. The molecule has 2 N–H and O–H groups in total. The molecule has 0 spiro atoms. The van der Waals surface area contributed by atoms with E-state index in [1.165, 1.54) is 25.7 Å². The van der Waals surface area contributed by atoms with Crippen LogP contribution < -0.4 is 0 Å². The number of ether oxygens (including phenoxy) is 2. The number of carbonyl (C=O) groups excluding carboxylic acids is 3. The number of aliphatic hydroxyl groups is 2. The Bertz CT molecular complexity index is 1090. The van der Waals surface area contributed by atoms with E-state index in [2.05, 4.69) is 20.8 Å². The fraction of sp³-hybridized carbons (Fsp3) is 0.794. The lowest BCUT2D eigenvalue weighted by Gasteiger charge is -2.50. The van der Waals surface area contributed by atoms with Crippen LogP contribution in [0.2, 0.25) is 0 Å². The van der Waals surface area contributed by atoms with Crippen molar-refractivity contribution in [2.24, 2.45) is 29.1 Å². The minimum Gasteiger partial charge on any atom is -0.461 e. The molecular formula is C34H52O7. The van der Waals surface area contributed by atoms with E-state index in [9.17, 15) is 24.6 Å². The number of unbranched alkanes of at least 4 members (excludes halogenated alkanes) is 6. The molecule has 0 aromatic rings. The Hall–Kier alpha value is -1.99. The van der Waals surface area contributed by atoms with E-state index in [4.69, 9.17) is 9.47 Å². The van der Waals surface area contributed by atoms with Crippen molar-refractivity contribution in [2.45, 2.75) is 135 Å². The molecule has 7 heteroatoms. The summed E-state index contributed by atoms with van der Waals surface area (Å²) in [6, 6.07) is 0. The van der Waals surface area contributed by atoms with Crippen molar-refractivity contribution in [3.63, 3.8) is 0 Å². The molecule has 0 aromatic heterocycles. The normalized spacial score (nSPS) is 36.7. The number of hydrogen-bond donors (Lipinski definition) is 2. The van der Waals surface area contributed by atoms with Gasteiger partial charge in [0.25, 0.3) is 0 Å². The highest BCUT2D eigenvalue weighted by Crippen LogP contribution is 2.76. The van der Waals surface area contributed by atoms with Crippen molar-refractivity contribution in [3.05, 3.63) is 23.3 Å². The van der Waals surface area contributed by atoms with Crippen LogP contribution in [0.15, 0.2) is 23.3 Å². The van der Waals surface area contributed by atoms with Gasteiger partial charge in [-0.05, 0) is 43.3 Å². The monoisotopic (exact) mass is 572 g/mol. The summed E-state index contributed by atoms with van der Waals surface area (Å²) in [6.45, 7) is 11.9. The molecule has 0 radical (unpaired) electrons. The standard InChI is InChI=1S/C34H52O7/c1-7-9-10-11-12-13-14-16-27(35)40-21-24-18-25-29-31(5,6)33(29,41-28(36)15-8-2)19-23(4)34(25,39)26-17-22(3)30(37)32(26,38)20-24/h17-18,23,25-26,29,38-39H,7-16,19-21H2,1-6H3/t23-,25+,26-,29-,32-,33+,34-/m1/s1. The van der Waals surface area contributed by atoms with Gasteiger partial charge < -0.3 is 19.7 Å². The largest absolute Gasteiger partial charge is 0.461 e. The van der Waals surface area contributed by atoms with Gasteiger partial charge in [0.15, 0.2) is 5.78 Å². The minimum atomic E-state index is -1.81. The van der Waals surface area contributed by atoms with Crippen LogP contribution in [-0.2, 0) is 23.9 Å². The Morgan fingerprint density at radius 1 is 0.951 bits per heavy atom. The van der Waals surface area contributed by atoms with Crippen molar-refractivity contribution in [3.8, 4) is 0 Å². The summed E-state index contributed by atoms with van der Waals surface area (Å²) in [4.78, 5) is 38.7. The molecule has 41 heavy (non-hydrogen) atoms. The molecule has 230 valence electrons. The molecule has 7 nitrogen and oxygen atoms in total. The van der Waals surface area contributed by atoms with Gasteiger partial charge >= 0.3 is 11.9 Å². The summed E-state index contributed by atoms with van der Waals surface area (Å²) in [7, 11) is 0. The summed E-state index contributed by atoms with van der Waals surface area (Å²) in [6.07, 6.45) is 13.2. The molecule has 0 aromatic carbocycles. The maximum absolute atomic E-state index is 13.4. The number of fused-ring (bicyclic) bond motifs is 5. The number of esters is 2. The number of ketones is 1. The van der Waals surface area contributed by atoms with E-state index >= 15 is 0 Å². The molecule has 4 aliphatic rings. The summed E-state index contributed by atoms with van der Waals surface area (Å²) in [5, 5.41) is 24.5. The second kappa shape index (κ2) is 11.9.